The first-order chi connectivity index (χ1) is 13.6. The summed E-state index contributed by atoms with van der Waals surface area (Å²) in [5.74, 6) is 0.680. The summed E-state index contributed by atoms with van der Waals surface area (Å²) in [6.45, 7) is 5.55. The molecule has 0 spiro atoms. The normalized spacial score (nSPS) is 16.5. The van der Waals surface area contributed by atoms with Gasteiger partial charge in [-0.25, -0.2) is 13.4 Å². The second-order valence-corrected chi connectivity index (χ2v) is 8.70. The van der Waals surface area contributed by atoms with Gasteiger partial charge in [0.25, 0.3) is 0 Å². The lowest BCUT2D eigenvalue weighted by atomic mass is 10.3. The van der Waals surface area contributed by atoms with Crippen molar-refractivity contribution in [3.63, 3.8) is 0 Å². The van der Waals surface area contributed by atoms with E-state index >= 15 is 0 Å². The highest BCUT2D eigenvalue weighted by molar-refractivity contribution is 7.89. The number of hydrogen-bond donors (Lipinski definition) is 0. The van der Waals surface area contributed by atoms with Crippen molar-refractivity contribution < 1.29 is 13.2 Å². The standard InChI is InChI=1S/C20H24N4O3S/c1-2-27-18-6-8-19(9-7-18)28(25,26)23-13-11-22(12-14-23)16-17-15-21-20-5-3-4-10-24(17)20/h3-10,15H,2,11-14,16H2,1H3. The van der Waals surface area contributed by atoms with E-state index in [0.717, 1.165) is 17.9 Å². The first-order valence-electron chi connectivity index (χ1n) is 9.44. The van der Waals surface area contributed by atoms with Crippen LogP contribution in [0.5, 0.6) is 5.75 Å². The zero-order valence-corrected chi connectivity index (χ0v) is 16.7. The summed E-state index contributed by atoms with van der Waals surface area (Å²) in [5, 5.41) is 0. The Morgan fingerprint density at radius 1 is 1.04 bits per heavy atom. The number of pyridine rings is 1. The Bertz CT molecular complexity index is 1040. The number of nitrogens with zero attached hydrogens (tertiary/aromatic N) is 4. The molecule has 1 aliphatic rings. The molecule has 7 nitrogen and oxygen atoms in total. The van der Waals surface area contributed by atoms with Gasteiger partial charge in [-0.2, -0.15) is 4.31 Å². The zero-order chi connectivity index (χ0) is 19.6. The molecule has 2 aromatic heterocycles. The third-order valence-corrected chi connectivity index (χ3v) is 6.90. The Hall–Kier alpha value is -2.42. The lowest BCUT2D eigenvalue weighted by molar-refractivity contribution is 0.179. The van der Waals surface area contributed by atoms with Crippen molar-refractivity contribution in [1.29, 1.82) is 0 Å². The van der Waals surface area contributed by atoms with Crippen LogP contribution >= 0.6 is 0 Å². The first kappa shape index (κ1) is 18.9. The van der Waals surface area contributed by atoms with Crippen molar-refractivity contribution in [2.75, 3.05) is 32.8 Å². The van der Waals surface area contributed by atoms with Crippen LogP contribution in [0.4, 0.5) is 0 Å². The van der Waals surface area contributed by atoms with Crippen LogP contribution < -0.4 is 4.74 Å². The highest BCUT2D eigenvalue weighted by atomic mass is 32.2. The van der Waals surface area contributed by atoms with Crippen LogP contribution in [0.25, 0.3) is 5.65 Å². The lowest BCUT2D eigenvalue weighted by Crippen LogP contribution is -2.48. The van der Waals surface area contributed by atoms with E-state index < -0.39 is 10.0 Å². The van der Waals surface area contributed by atoms with Crippen LogP contribution in [-0.2, 0) is 16.6 Å². The number of piperazine rings is 1. The SMILES string of the molecule is CCOc1ccc(S(=O)(=O)N2CCN(Cc3cnc4ccccn34)CC2)cc1. The number of aromatic nitrogens is 2. The van der Waals surface area contributed by atoms with E-state index in [-0.39, 0.29) is 0 Å². The van der Waals surface area contributed by atoms with Crippen LogP contribution in [-0.4, -0.2) is 59.8 Å². The molecule has 8 heteroatoms. The Morgan fingerprint density at radius 2 is 1.79 bits per heavy atom. The molecule has 3 aromatic rings. The largest absolute Gasteiger partial charge is 0.494 e. The van der Waals surface area contributed by atoms with Crippen molar-refractivity contribution in [3.8, 4) is 5.75 Å². The molecule has 0 atom stereocenters. The van der Waals surface area contributed by atoms with Crippen LogP contribution in [0.3, 0.4) is 0 Å². The average Bonchev–Trinajstić information content (AvgIpc) is 3.12. The quantitative estimate of drug-likeness (QED) is 0.635. The molecule has 148 valence electrons. The van der Waals surface area contributed by atoms with E-state index in [1.807, 2.05) is 37.5 Å². The van der Waals surface area contributed by atoms with Crippen LogP contribution in [0.2, 0.25) is 0 Å². The Morgan fingerprint density at radius 3 is 2.50 bits per heavy atom. The second-order valence-electron chi connectivity index (χ2n) is 6.76. The number of benzene rings is 1. The van der Waals surface area contributed by atoms with Gasteiger partial charge >= 0.3 is 0 Å². The monoisotopic (exact) mass is 400 g/mol. The molecule has 3 heterocycles. The molecule has 0 saturated carbocycles. The molecule has 28 heavy (non-hydrogen) atoms. The number of imidazole rings is 1. The van der Waals surface area contributed by atoms with Gasteiger partial charge in [0.15, 0.2) is 0 Å². The van der Waals surface area contributed by atoms with E-state index in [0.29, 0.717) is 43.4 Å². The average molecular weight is 401 g/mol. The summed E-state index contributed by atoms with van der Waals surface area (Å²) >= 11 is 0. The van der Waals surface area contributed by atoms with Crippen LogP contribution in [0, 0.1) is 0 Å². The predicted octanol–water partition coefficient (Wildman–Crippen LogP) is 2.24. The molecule has 1 saturated heterocycles. The molecule has 0 unspecified atom stereocenters. The topological polar surface area (TPSA) is 67.2 Å². The fourth-order valence-corrected chi connectivity index (χ4v) is 4.90. The van der Waals surface area contributed by atoms with E-state index in [1.165, 1.54) is 0 Å². The Balaban J connectivity index is 1.40. The van der Waals surface area contributed by atoms with E-state index in [4.69, 9.17) is 4.74 Å². The first-order valence-corrected chi connectivity index (χ1v) is 10.9. The van der Waals surface area contributed by atoms with Gasteiger partial charge in [-0.3, -0.25) is 4.90 Å². The molecule has 1 aromatic carbocycles. The minimum Gasteiger partial charge on any atom is -0.494 e. The smallest absolute Gasteiger partial charge is 0.243 e. The maximum absolute atomic E-state index is 12.9. The Kier molecular flexibility index (Phi) is 5.34. The number of sulfonamides is 1. The van der Waals surface area contributed by atoms with Crippen molar-refractivity contribution >= 4 is 15.7 Å². The summed E-state index contributed by atoms with van der Waals surface area (Å²) in [5.41, 5.74) is 2.03. The minimum atomic E-state index is -3.48. The van der Waals surface area contributed by atoms with Gasteiger partial charge in [0, 0.05) is 38.9 Å². The molecule has 0 amide bonds. The molecule has 0 N–H and O–H groups in total. The molecule has 1 fully saturated rings. The maximum atomic E-state index is 12.9. The van der Waals surface area contributed by atoms with Crippen molar-refractivity contribution in [2.24, 2.45) is 0 Å². The molecular weight excluding hydrogens is 376 g/mol. The van der Waals surface area contributed by atoms with Crippen molar-refractivity contribution in [1.82, 2.24) is 18.6 Å². The Labute approximate surface area is 165 Å². The molecule has 0 radical (unpaired) electrons. The molecule has 0 aliphatic carbocycles. The van der Waals surface area contributed by atoms with Crippen molar-refractivity contribution in [3.05, 3.63) is 60.6 Å². The molecule has 0 bridgehead atoms. The highest BCUT2D eigenvalue weighted by Gasteiger charge is 2.28. The molecule has 4 rings (SSSR count). The molecular formula is C20H24N4O3S. The third-order valence-electron chi connectivity index (χ3n) is 4.98. The van der Waals surface area contributed by atoms with Crippen LogP contribution in [0.1, 0.15) is 12.6 Å². The van der Waals surface area contributed by atoms with Gasteiger partial charge in [0.2, 0.25) is 10.0 Å². The number of hydrogen-bond acceptors (Lipinski definition) is 5. The van der Waals surface area contributed by atoms with Gasteiger partial charge in [-0.15, -0.1) is 0 Å². The number of ether oxygens (including phenoxy) is 1. The van der Waals surface area contributed by atoms with Gasteiger partial charge in [-0.05, 0) is 43.3 Å². The van der Waals surface area contributed by atoms with E-state index in [1.54, 1.807) is 28.6 Å². The van der Waals surface area contributed by atoms with Crippen molar-refractivity contribution in [2.45, 2.75) is 18.4 Å². The number of fused-ring (bicyclic) bond motifs is 1. The van der Waals surface area contributed by atoms with E-state index in [9.17, 15) is 8.42 Å². The predicted molar refractivity (Wildman–Crippen MR) is 107 cm³/mol. The van der Waals surface area contributed by atoms with Gasteiger partial charge in [0.1, 0.15) is 11.4 Å². The van der Waals surface area contributed by atoms with Crippen LogP contribution in [0.15, 0.2) is 59.8 Å². The second kappa shape index (κ2) is 7.90. The minimum absolute atomic E-state index is 0.311. The van der Waals surface area contributed by atoms with Gasteiger partial charge in [0.05, 0.1) is 23.4 Å². The highest BCUT2D eigenvalue weighted by Crippen LogP contribution is 2.21. The van der Waals surface area contributed by atoms with Gasteiger partial charge in [-0.1, -0.05) is 6.07 Å². The maximum Gasteiger partial charge on any atom is 0.243 e. The zero-order valence-electron chi connectivity index (χ0n) is 15.9. The fourth-order valence-electron chi connectivity index (χ4n) is 3.48. The summed E-state index contributed by atoms with van der Waals surface area (Å²) in [7, 11) is -3.48. The lowest BCUT2D eigenvalue weighted by Gasteiger charge is -2.33. The molecule has 1 aliphatic heterocycles. The van der Waals surface area contributed by atoms with Gasteiger partial charge < -0.3 is 9.14 Å². The fraction of sp³-hybridized carbons (Fsp3) is 0.350. The summed E-state index contributed by atoms with van der Waals surface area (Å²) < 4.78 is 34.8. The summed E-state index contributed by atoms with van der Waals surface area (Å²) in [6.07, 6.45) is 3.89. The number of rotatable bonds is 6. The summed E-state index contributed by atoms with van der Waals surface area (Å²) in [6, 6.07) is 12.6. The third kappa shape index (κ3) is 3.76. The van der Waals surface area contributed by atoms with E-state index in [2.05, 4.69) is 14.3 Å². The summed E-state index contributed by atoms with van der Waals surface area (Å²) in [4.78, 5) is 6.99.